The number of nitrogens with zero attached hydrogens (tertiary/aromatic N) is 3. The normalized spacial score (nSPS) is 21.6. The van der Waals surface area contributed by atoms with Crippen LogP contribution in [0.4, 0.5) is 0 Å². The Balaban J connectivity index is 2.34. The SMILES string of the molecule is CC1=CN2CN=CC=C2N1C. The summed E-state index contributed by atoms with van der Waals surface area (Å²) in [6, 6.07) is 0. The van der Waals surface area contributed by atoms with Crippen molar-refractivity contribution in [3.8, 4) is 0 Å². The lowest BCUT2D eigenvalue weighted by atomic mass is 10.4. The molecule has 3 nitrogen and oxygen atoms in total. The zero-order chi connectivity index (χ0) is 7.84. The Kier molecular flexibility index (Phi) is 1.24. The van der Waals surface area contributed by atoms with Crippen LogP contribution >= 0.6 is 0 Å². The van der Waals surface area contributed by atoms with E-state index in [9.17, 15) is 0 Å². The van der Waals surface area contributed by atoms with Gasteiger partial charge in [-0.15, -0.1) is 0 Å². The van der Waals surface area contributed by atoms with E-state index in [1.54, 1.807) is 0 Å². The van der Waals surface area contributed by atoms with Crippen LogP contribution in [0.5, 0.6) is 0 Å². The number of rotatable bonds is 0. The van der Waals surface area contributed by atoms with E-state index in [4.69, 9.17) is 0 Å². The highest BCUT2D eigenvalue weighted by Gasteiger charge is 2.20. The second kappa shape index (κ2) is 2.12. The van der Waals surface area contributed by atoms with Gasteiger partial charge in [0, 0.05) is 25.2 Å². The summed E-state index contributed by atoms with van der Waals surface area (Å²) in [5, 5.41) is 0. The summed E-state index contributed by atoms with van der Waals surface area (Å²) in [6.45, 7) is 2.85. The Bertz CT molecular complexity index is 263. The molecule has 0 fully saturated rings. The second-order valence-corrected chi connectivity index (χ2v) is 2.80. The summed E-state index contributed by atoms with van der Waals surface area (Å²) < 4.78 is 0. The summed E-state index contributed by atoms with van der Waals surface area (Å²) in [6.07, 6.45) is 5.99. The minimum Gasteiger partial charge on any atom is -0.333 e. The fraction of sp³-hybridized carbons (Fsp3) is 0.375. The molecule has 0 saturated heterocycles. The number of allylic oxidation sites excluding steroid dienone is 2. The maximum atomic E-state index is 4.14. The van der Waals surface area contributed by atoms with Crippen molar-refractivity contribution in [2.45, 2.75) is 6.92 Å². The number of hydrogen-bond acceptors (Lipinski definition) is 3. The summed E-state index contributed by atoms with van der Waals surface area (Å²) in [5.74, 6) is 1.22. The van der Waals surface area contributed by atoms with Gasteiger partial charge in [-0.25, -0.2) is 0 Å². The van der Waals surface area contributed by atoms with Gasteiger partial charge in [0.05, 0.1) is 0 Å². The Morgan fingerprint density at radius 1 is 1.55 bits per heavy atom. The van der Waals surface area contributed by atoms with Gasteiger partial charge in [-0.1, -0.05) is 0 Å². The Labute approximate surface area is 66.3 Å². The molecule has 11 heavy (non-hydrogen) atoms. The molecule has 0 spiro atoms. The largest absolute Gasteiger partial charge is 0.333 e. The molecule has 0 saturated carbocycles. The summed E-state index contributed by atoms with van der Waals surface area (Å²) in [4.78, 5) is 8.43. The van der Waals surface area contributed by atoms with Crippen LogP contribution in [-0.2, 0) is 0 Å². The molecule has 2 rings (SSSR count). The zero-order valence-electron chi connectivity index (χ0n) is 6.78. The topological polar surface area (TPSA) is 18.8 Å². The molecule has 0 aromatic heterocycles. The highest BCUT2D eigenvalue weighted by Crippen LogP contribution is 2.24. The lowest BCUT2D eigenvalue weighted by Gasteiger charge is -2.22. The summed E-state index contributed by atoms with van der Waals surface area (Å²) in [7, 11) is 2.07. The molecule has 0 N–H and O–H groups in total. The predicted octanol–water partition coefficient (Wildman–Crippen LogP) is 0.978. The molecule has 0 aromatic carbocycles. The third-order valence-corrected chi connectivity index (χ3v) is 2.07. The van der Waals surface area contributed by atoms with Crippen LogP contribution in [0.15, 0.2) is 28.8 Å². The average molecular weight is 149 g/mol. The fourth-order valence-corrected chi connectivity index (χ4v) is 1.33. The highest BCUT2D eigenvalue weighted by atomic mass is 15.4. The van der Waals surface area contributed by atoms with Gasteiger partial charge in [0.2, 0.25) is 0 Å². The van der Waals surface area contributed by atoms with Crippen molar-refractivity contribution in [1.82, 2.24) is 9.80 Å². The summed E-state index contributed by atoms with van der Waals surface area (Å²) in [5.41, 5.74) is 1.27. The molecule has 3 heteroatoms. The molecule has 0 radical (unpaired) electrons. The van der Waals surface area contributed by atoms with E-state index < -0.39 is 0 Å². The molecular formula is C8H11N3. The van der Waals surface area contributed by atoms with Crippen LogP contribution in [-0.4, -0.2) is 29.7 Å². The maximum Gasteiger partial charge on any atom is 0.115 e. The third-order valence-electron chi connectivity index (χ3n) is 2.07. The van der Waals surface area contributed by atoms with Crippen molar-refractivity contribution in [3.63, 3.8) is 0 Å². The van der Waals surface area contributed by atoms with E-state index in [-0.39, 0.29) is 0 Å². The van der Waals surface area contributed by atoms with Crippen LogP contribution in [0.25, 0.3) is 0 Å². The number of aliphatic imine (C=N–C) groups is 1. The first-order valence-electron chi connectivity index (χ1n) is 3.68. The van der Waals surface area contributed by atoms with Gasteiger partial charge in [0.1, 0.15) is 12.5 Å². The molecule has 0 bridgehead atoms. The van der Waals surface area contributed by atoms with E-state index in [1.165, 1.54) is 11.5 Å². The smallest absolute Gasteiger partial charge is 0.115 e. The molecule has 2 heterocycles. The second-order valence-electron chi connectivity index (χ2n) is 2.80. The predicted molar refractivity (Wildman–Crippen MR) is 44.8 cm³/mol. The average Bonchev–Trinajstić information content (AvgIpc) is 2.30. The lowest BCUT2D eigenvalue weighted by Crippen LogP contribution is -2.23. The first-order chi connectivity index (χ1) is 5.29. The van der Waals surface area contributed by atoms with E-state index in [2.05, 4.69) is 35.0 Å². The molecule has 0 unspecified atom stereocenters. The van der Waals surface area contributed by atoms with Crippen molar-refractivity contribution >= 4 is 6.21 Å². The van der Waals surface area contributed by atoms with Gasteiger partial charge in [-0.2, -0.15) is 0 Å². The van der Waals surface area contributed by atoms with Crippen LogP contribution in [0.1, 0.15) is 6.92 Å². The Morgan fingerprint density at radius 3 is 3.09 bits per heavy atom. The van der Waals surface area contributed by atoms with E-state index in [0.29, 0.717) is 0 Å². The van der Waals surface area contributed by atoms with Gasteiger partial charge >= 0.3 is 0 Å². The third kappa shape index (κ3) is 0.843. The first-order valence-corrected chi connectivity index (χ1v) is 3.68. The monoisotopic (exact) mass is 149 g/mol. The quantitative estimate of drug-likeness (QED) is 0.511. The number of fused-ring (bicyclic) bond motifs is 1. The molecule has 0 amide bonds. The minimum absolute atomic E-state index is 0.757. The zero-order valence-corrected chi connectivity index (χ0v) is 6.78. The van der Waals surface area contributed by atoms with Crippen LogP contribution in [0.2, 0.25) is 0 Å². The highest BCUT2D eigenvalue weighted by molar-refractivity contribution is 5.73. The molecule has 2 aliphatic rings. The molecule has 58 valence electrons. The molecule has 0 aliphatic carbocycles. The molecular weight excluding hydrogens is 138 g/mol. The van der Waals surface area contributed by atoms with Crippen molar-refractivity contribution < 1.29 is 0 Å². The van der Waals surface area contributed by atoms with Crippen molar-refractivity contribution in [2.24, 2.45) is 4.99 Å². The molecule has 0 atom stereocenters. The van der Waals surface area contributed by atoms with E-state index >= 15 is 0 Å². The fourth-order valence-electron chi connectivity index (χ4n) is 1.33. The Hall–Kier alpha value is -1.25. The van der Waals surface area contributed by atoms with Crippen LogP contribution in [0.3, 0.4) is 0 Å². The standard InChI is InChI=1S/C8H11N3/c1-7-5-11-6-9-4-3-8(11)10(7)2/h3-5H,6H2,1-2H3. The van der Waals surface area contributed by atoms with Gasteiger partial charge in [0.25, 0.3) is 0 Å². The number of hydrogen-bond donors (Lipinski definition) is 0. The van der Waals surface area contributed by atoms with E-state index in [1.807, 2.05) is 12.3 Å². The van der Waals surface area contributed by atoms with Gasteiger partial charge < -0.3 is 9.80 Å². The van der Waals surface area contributed by atoms with Crippen LogP contribution < -0.4 is 0 Å². The van der Waals surface area contributed by atoms with Gasteiger partial charge in [0.15, 0.2) is 0 Å². The lowest BCUT2D eigenvalue weighted by molar-refractivity contribution is 0.390. The first kappa shape index (κ1) is 6.46. The van der Waals surface area contributed by atoms with Crippen molar-refractivity contribution in [3.05, 3.63) is 23.8 Å². The van der Waals surface area contributed by atoms with Gasteiger partial charge in [-0.3, -0.25) is 4.99 Å². The van der Waals surface area contributed by atoms with Crippen molar-refractivity contribution in [2.75, 3.05) is 13.7 Å². The maximum absolute atomic E-state index is 4.14. The Morgan fingerprint density at radius 2 is 2.36 bits per heavy atom. The van der Waals surface area contributed by atoms with Crippen LogP contribution in [0, 0.1) is 0 Å². The molecule has 2 aliphatic heterocycles. The molecule has 0 aromatic rings. The van der Waals surface area contributed by atoms with Gasteiger partial charge in [-0.05, 0) is 13.0 Å². The van der Waals surface area contributed by atoms with Crippen molar-refractivity contribution in [1.29, 1.82) is 0 Å². The summed E-state index contributed by atoms with van der Waals surface area (Å²) >= 11 is 0. The van der Waals surface area contributed by atoms with E-state index in [0.717, 1.165) is 6.67 Å². The minimum atomic E-state index is 0.757.